The molecule has 3 aromatic rings. The van der Waals surface area contributed by atoms with Crippen LogP contribution in [0.15, 0.2) is 91.0 Å². The van der Waals surface area contributed by atoms with Crippen LogP contribution in [0.2, 0.25) is 0 Å². The molecule has 0 aliphatic carbocycles. The summed E-state index contributed by atoms with van der Waals surface area (Å²) in [6.07, 6.45) is 0.411. The molecule has 27 heavy (non-hydrogen) atoms. The predicted octanol–water partition coefficient (Wildman–Crippen LogP) is 4.51. The number of carbonyl (C=O) groups is 1. The first-order valence-corrected chi connectivity index (χ1v) is 9.92. The highest BCUT2D eigenvalue weighted by molar-refractivity contribution is 8.00. The van der Waals surface area contributed by atoms with Crippen LogP contribution in [0.3, 0.4) is 0 Å². The van der Waals surface area contributed by atoms with Crippen molar-refractivity contribution in [2.45, 2.75) is 17.2 Å². The molecule has 3 rings (SSSR count). The van der Waals surface area contributed by atoms with Gasteiger partial charge in [0, 0.05) is 0 Å². The van der Waals surface area contributed by atoms with Gasteiger partial charge in [0.2, 0.25) is 0 Å². The van der Waals surface area contributed by atoms with Gasteiger partial charge in [0.15, 0.2) is 0 Å². The molecular weight excluding hydrogens is 354 g/mol. The zero-order valence-corrected chi connectivity index (χ0v) is 15.8. The number of carboxylic acid groups (broad SMARTS) is 1. The van der Waals surface area contributed by atoms with E-state index in [-0.39, 0.29) is 0 Å². The van der Waals surface area contributed by atoms with Gasteiger partial charge in [0.05, 0.1) is 4.75 Å². The zero-order valence-electron chi connectivity index (χ0n) is 15.0. The number of benzene rings is 3. The Morgan fingerprint density at radius 1 is 0.815 bits per heavy atom. The summed E-state index contributed by atoms with van der Waals surface area (Å²) in [6.45, 7) is 0. The van der Waals surface area contributed by atoms with Gasteiger partial charge in [-0.25, -0.2) is 0 Å². The van der Waals surface area contributed by atoms with Crippen LogP contribution in [-0.4, -0.2) is 22.9 Å². The maximum atomic E-state index is 11.1. The molecule has 3 nitrogen and oxygen atoms in total. The van der Waals surface area contributed by atoms with Crippen molar-refractivity contribution in [1.82, 2.24) is 0 Å². The van der Waals surface area contributed by atoms with E-state index in [2.05, 4.69) is 36.4 Å². The topological polar surface area (TPSA) is 63.3 Å². The quantitative estimate of drug-likeness (QED) is 0.567. The minimum atomic E-state index is -0.958. The van der Waals surface area contributed by atoms with Gasteiger partial charge in [-0.05, 0) is 28.9 Å². The molecule has 0 fully saturated rings. The van der Waals surface area contributed by atoms with E-state index in [4.69, 9.17) is 10.8 Å². The van der Waals surface area contributed by atoms with E-state index in [0.717, 1.165) is 16.7 Å². The summed E-state index contributed by atoms with van der Waals surface area (Å²) in [5.74, 6) is -0.327. The maximum Gasteiger partial charge on any atom is 0.320 e. The average molecular weight is 378 g/mol. The van der Waals surface area contributed by atoms with Crippen molar-refractivity contribution in [1.29, 1.82) is 0 Å². The highest BCUT2D eigenvalue weighted by Crippen LogP contribution is 2.48. The van der Waals surface area contributed by atoms with Gasteiger partial charge in [0.1, 0.15) is 6.04 Å². The van der Waals surface area contributed by atoms with E-state index in [1.54, 1.807) is 11.8 Å². The summed E-state index contributed by atoms with van der Waals surface area (Å²) in [5, 5.41) is 9.13. The third kappa shape index (κ3) is 4.24. The van der Waals surface area contributed by atoms with Crippen molar-refractivity contribution in [2.24, 2.45) is 5.73 Å². The van der Waals surface area contributed by atoms with Gasteiger partial charge in [-0.1, -0.05) is 91.0 Å². The van der Waals surface area contributed by atoms with Crippen molar-refractivity contribution < 1.29 is 9.90 Å². The number of hydrogen-bond donors (Lipinski definition) is 2. The summed E-state index contributed by atoms with van der Waals surface area (Å²) >= 11 is 1.73. The van der Waals surface area contributed by atoms with E-state index in [1.807, 2.05) is 54.6 Å². The molecule has 0 amide bonds. The van der Waals surface area contributed by atoms with E-state index >= 15 is 0 Å². The lowest BCUT2D eigenvalue weighted by molar-refractivity contribution is -0.138. The lowest BCUT2D eigenvalue weighted by atomic mass is 9.84. The van der Waals surface area contributed by atoms with E-state index in [0.29, 0.717) is 12.2 Å². The third-order valence-corrected chi connectivity index (χ3v) is 6.19. The van der Waals surface area contributed by atoms with Crippen LogP contribution in [0.25, 0.3) is 0 Å². The number of aliphatic carboxylic acids is 1. The first-order valence-electron chi connectivity index (χ1n) is 8.93. The van der Waals surface area contributed by atoms with Crippen molar-refractivity contribution in [3.63, 3.8) is 0 Å². The van der Waals surface area contributed by atoms with Crippen LogP contribution in [0.4, 0.5) is 0 Å². The molecule has 0 saturated heterocycles. The lowest BCUT2D eigenvalue weighted by Crippen LogP contribution is -2.32. The second kappa shape index (κ2) is 8.89. The van der Waals surface area contributed by atoms with Crippen molar-refractivity contribution in [3.05, 3.63) is 108 Å². The normalized spacial score (nSPS) is 12.5. The molecule has 1 unspecified atom stereocenters. The molecule has 0 saturated carbocycles. The number of rotatable bonds is 8. The fraction of sp³-hybridized carbons (Fsp3) is 0.174. The highest BCUT2D eigenvalue weighted by Gasteiger charge is 2.36. The molecule has 0 aliphatic heterocycles. The first kappa shape index (κ1) is 19.2. The standard InChI is InChI=1S/C23H23NO2S/c24-21(22(25)26)16-17-27-23(18-10-4-1-5-11-18,19-12-6-2-7-13-19)20-14-8-3-9-15-20/h1-15,21H,16-17,24H2,(H,25,26). The summed E-state index contributed by atoms with van der Waals surface area (Å²) in [6, 6.07) is 30.2. The van der Waals surface area contributed by atoms with Crippen molar-refractivity contribution in [2.75, 3.05) is 5.75 Å². The second-order valence-electron chi connectivity index (χ2n) is 6.36. The Hall–Kier alpha value is -2.56. The Kier molecular flexibility index (Phi) is 6.32. The Morgan fingerprint density at radius 2 is 1.19 bits per heavy atom. The smallest absolute Gasteiger partial charge is 0.320 e. The van der Waals surface area contributed by atoms with Gasteiger partial charge < -0.3 is 10.8 Å². The van der Waals surface area contributed by atoms with Crippen LogP contribution in [0.5, 0.6) is 0 Å². The van der Waals surface area contributed by atoms with Crippen LogP contribution in [0.1, 0.15) is 23.1 Å². The molecule has 3 N–H and O–H groups in total. The highest BCUT2D eigenvalue weighted by atomic mass is 32.2. The molecule has 0 aliphatic rings. The SMILES string of the molecule is NC(CCSC(c1ccccc1)(c1ccccc1)c1ccccc1)C(=O)O. The van der Waals surface area contributed by atoms with Gasteiger partial charge in [-0.3, -0.25) is 4.79 Å². The zero-order chi connectivity index (χ0) is 19.1. The van der Waals surface area contributed by atoms with Crippen LogP contribution < -0.4 is 5.73 Å². The van der Waals surface area contributed by atoms with E-state index in [1.165, 1.54) is 0 Å². The van der Waals surface area contributed by atoms with Crippen molar-refractivity contribution >= 4 is 17.7 Å². The summed E-state index contributed by atoms with van der Waals surface area (Å²) in [5.41, 5.74) is 9.24. The van der Waals surface area contributed by atoms with Crippen LogP contribution >= 0.6 is 11.8 Å². The summed E-state index contributed by atoms with van der Waals surface area (Å²) < 4.78 is -0.429. The molecular formula is C23H23NO2S. The van der Waals surface area contributed by atoms with Gasteiger partial charge in [0.25, 0.3) is 0 Å². The largest absolute Gasteiger partial charge is 0.480 e. The Morgan fingerprint density at radius 3 is 1.52 bits per heavy atom. The molecule has 0 heterocycles. The molecule has 1 atom stereocenters. The molecule has 3 aromatic carbocycles. The minimum absolute atomic E-state index is 0.411. The summed E-state index contributed by atoms with van der Waals surface area (Å²) in [7, 11) is 0. The Balaban J connectivity index is 2.10. The number of hydrogen-bond acceptors (Lipinski definition) is 3. The number of thioether (sulfide) groups is 1. The van der Waals surface area contributed by atoms with Crippen LogP contribution in [-0.2, 0) is 9.54 Å². The molecule has 4 heteroatoms. The predicted molar refractivity (Wildman–Crippen MR) is 112 cm³/mol. The molecule has 0 spiro atoms. The number of nitrogens with two attached hydrogens (primary N) is 1. The first-order chi connectivity index (χ1) is 13.1. The third-order valence-electron chi connectivity index (χ3n) is 4.61. The van der Waals surface area contributed by atoms with E-state index in [9.17, 15) is 4.79 Å². The molecule has 0 bridgehead atoms. The van der Waals surface area contributed by atoms with Crippen molar-refractivity contribution in [3.8, 4) is 0 Å². The van der Waals surface area contributed by atoms with Gasteiger partial charge in [-0.2, -0.15) is 0 Å². The minimum Gasteiger partial charge on any atom is -0.480 e. The van der Waals surface area contributed by atoms with Crippen LogP contribution in [0, 0.1) is 0 Å². The fourth-order valence-corrected chi connectivity index (χ4v) is 4.82. The number of carboxylic acids is 1. The fourth-order valence-electron chi connectivity index (χ4n) is 3.23. The lowest BCUT2D eigenvalue weighted by Gasteiger charge is -2.35. The average Bonchev–Trinajstić information content (AvgIpc) is 2.73. The van der Waals surface area contributed by atoms with E-state index < -0.39 is 16.8 Å². The van der Waals surface area contributed by atoms with Gasteiger partial charge in [-0.15, -0.1) is 11.8 Å². The second-order valence-corrected chi connectivity index (χ2v) is 7.67. The monoisotopic (exact) mass is 377 g/mol. The van der Waals surface area contributed by atoms with Gasteiger partial charge >= 0.3 is 5.97 Å². The Bertz CT molecular complexity index is 757. The Labute approximate surface area is 164 Å². The summed E-state index contributed by atoms with van der Waals surface area (Å²) in [4.78, 5) is 11.1. The molecule has 0 radical (unpaired) electrons. The molecule has 0 aromatic heterocycles. The molecule has 138 valence electrons. The maximum absolute atomic E-state index is 11.1.